The second kappa shape index (κ2) is 5.21. The van der Waals surface area contributed by atoms with Crippen LogP contribution < -0.4 is 5.32 Å². The molecule has 0 saturated carbocycles. The van der Waals surface area contributed by atoms with E-state index in [4.69, 9.17) is 23.2 Å². The van der Waals surface area contributed by atoms with E-state index < -0.39 is 0 Å². The highest BCUT2D eigenvalue weighted by atomic mass is 35.5. The smallest absolute Gasteiger partial charge is 0.254 e. The van der Waals surface area contributed by atoms with Gasteiger partial charge in [-0.25, -0.2) is 0 Å². The van der Waals surface area contributed by atoms with Crippen molar-refractivity contribution in [2.24, 2.45) is 0 Å². The number of benzene rings is 1. The van der Waals surface area contributed by atoms with Crippen molar-refractivity contribution in [3.8, 4) is 0 Å². The number of rotatable bonds is 3. The van der Waals surface area contributed by atoms with Crippen molar-refractivity contribution in [3.63, 3.8) is 0 Å². The number of hydrogen-bond donors (Lipinski definition) is 2. The average Bonchev–Trinajstić information content (AvgIpc) is 2.79. The molecule has 1 aromatic carbocycles. The predicted octanol–water partition coefficient (Wildman–Crippen LogP) is 2.65. The summed E-state index contributed by atoms with van der Waals surface area (Å²) in [6, 6.07) is 4.94. The summed E-state index contributed by atoms with van der Waals surface area (Å²) in [6.45, 7) is 0.372. The number of aromatic amines is 1. The highest BCUT2D eigenvalue weighted by Gasteiger charge is 2.13. The van der Waals surface area contributed by atoms with Gasteiger partial charge in [0.1, 0.15) is 0 Å². The van der Waals surface area contributed by atoms with Crippen LogP contribution in [-0.4, -0.2) is 16.1 Å². The minimum Gasteiger partial charge on any atom is -0.348 e. The fourth-order valence-electron chi connectivity index (χ4n) is 1.36. The average molecular weight is 270 g/mol. The molecular weight excluding hydrogens is 261 g/mol. The Morgan fingerprint density at radius 3 is 2.65 bits per heavy atom. The predicted molar refractivity (Wildman–Crippen MR) is 66.2 cm³/mol. The monoisotopic (exact) mass is 269 g/mol. The van der Waals surface area contributed by atoms with Gasteiger partial charge >= 0.3 is 0 Å². The second-order valence-electron chi connectivity index (χ2n) is 3.39. The van der Waals surface area contributed by atoms with Gasteiger partial charge in [0.15, 0.2) is 0 Å². The molecule has 2 rings (SSSR count). The molecule has 2 N–H and O–H groups in total. The van der Waals surface area contributed by atoms with E-state index in [1.807, 2.05) is 0 Å². The zero-order valence-corrected chi connectivity index (χ0v) is 10.2. The lowest BCUT2D eigenvalue weighted by Gasteiger charge is -2.07. The molecule has 6 heteroatoms. The number of nitrogens with zero attached hydrogens (tertiary/aromatic N) is 1. The Bertz CT molecular complexity index is 505. The molecule has 0 bridgehead atoms. The van der Waals surface area contributed by atoms with Crippen LogP contribution in [0.1, 0.15) is 15.9 Å². The van der Waals surface area contributed by atoms with E-state index in [2.05, 4.69) is 15.5 Å². The molecule has 0 saturated heterocycles. The van der Waals surface area contributed by atoms with Crippen LogP contribution in [0.25, 0.3) is 0 Å². The number of aromatic nitrogens is 2. The van der Waals surface area contributed by atoms with Crippen LogP contribution in [-0.2, 0) is 6.54 Å². The summed E-state index contributed by atoms with van der Waals surface area (Å²) in [5.74, 6) is -0.304. The summed E-state index contributed by atoms with van der Waals surface area (Å²) in [4.78, 5) is 11.9. The van der Waals surface area contributed by atoms with E-state index in [0.29, 0.717) is 22.2 Å². The fourth-order valence-corrected chi connectivity index (χ4v) is 1.93. The fraction of sp³-hybridized carbons (Fsp3) is 0.0909. The standard InChI is InChI=1S/C11H9Cl2N3O/c12-8-2-1-3-9(13)10(8)11(17)14-4-7-5-15-16-6-7/h1-3,5-6H,4H2,(H,14,17)(H,15,16). The van der Waals surface area contributed by atoms with Crippen LogP contribution in [0.2, 0.25) is 10.0 Å². The molecule has 0 fully saturated rings. The Kier molecular flexibility index (Phi) is 3.66. The molecule has 17 heavy (non-hydrogen) atoms. The maximum absolute atomic E-state index is 11.9. The van der Waals surface area contributed by atoms with Crippen molar-refractivity contribution in [1.29, 1.82) is 0 Å². The zero-order valence-electron chi connectivity index (χ0n) is 8.71. The highest BCUT2D eigenvalue weighted by Crippen LogP contribution is 2.23. The third-order valence-corrected chi connectivity index (χ3v) is 2.83. The van der Waals surface area contributed by atoms with Gasteiger partial charge in [-0.05, 0) is 12.1 Å². The van der Waals surface area contributed by atoms with Crippen molar-refractivity contribution in [1.82, 2.24) is 15.5 Å². The molecule has 0 atom stereocenters. The molecule has 2 aromatic rings. The largest absolute Gasteiger partial charge is 0.348 e. The van der Waals surface area contributed by atoms with E-state index in [9.17, 15) is 4.79 Å². The Morgan fingerprint density at radius 1 is 1.35 bits per heavy atom. The lowest BCUT2D eigenvalue weighted by molar-refractivity contribution is 0.0951. The van der Waals surface area contributed by atoms with E-state index in [-0.39, 0.29) is 5.91 Å². The topological polar surface area (TPSA) is 57.8 Å². The number of carbonyl (C=O) groups is 1. The molecule has 88 valence electrons. The Morgan fingerprint density at radius 2 is 2.06 bits per heavy atom. The summed E-state index contributed by atoms with van der Waals surface area (Å²) in [7, 11) is 0. The minimum absolute atomic E-state index is 0.291. The Balaban J connectivity index is 2.10. The molecule has 1 heterocycles. The first-order valence-electron chi connectivity index (χ1n) is 4.88. The molecular formula is C11H9Cl2N3O. The van der Waals surface area contributed by atoms with Gasteiger partial charge in [-0.3, -0.25) is 9.89 Å². The number of amides is 1. The molecule has 0 radical (unpaired) electrons. The van der Waals surface area contributed by atoms with E-state index in [1.54, 1.807) is 30.6 Å². The van der Waals surface area contributed by atoms with Crippen molar-refractivity contribution in [2.45, 2.75) is 6.54 Å². The summed E-state index contributed by atoms with van der Waals surface area (Å²) < 4.78 is 0. The summed E-state index contributed by atoms with van der Waals surface area (Å²) in [5, 5.41) is 9.83. The van der Waals surface area contributed by atoms with Crippen LogP contribution in [0.3, 0.4) is 0 Å². The SMILES string of the molecule is O=C(NCc1cn[nH]c1)c1c(Cl)cccc1Cl. The Hall–Kier alpha value is -1.52. The zero-order chi connectivity index (χ0) is 12.3. The molecule has 0 aliphatic rings. The molecule has 4 nitrogen and oxygen atoms in total. The number of carbonyl (C=O) groups excluding carboxylic acids is 1. The normalized spacial score (nSPS) is 10.2. The lowest BCUT2D eigenvalue weighted by Crippen LogP contribution is -2.23. The van der Waals surface area contributed by atoms with Crippen molar-refractivity contribution >= 4 is 29.1 Å². The lowest BCUT2D eigenvalue weighted by atomic mass is 10.2. The van der Waals surface area contributed by atoms with Gasteiger partial charge in [0.25, 0.3) is 5.91 Å². The number of H-pyrrole nitrogens is 1. The number of hydrogen-bond acceptors (Lipinski definition) is 2. The van der Waals surface area contributed by atoms with Gasteiger partial charge in [0, 0.05) is 18.3 Å². The van der Waals surface area contributed by atoms with Crippen LogP contribution in [0, 0.1) is 0 Å². The number of nitrogens with one attached hydrogen (secondary N) is 2. The Labute approximate surface area is 108 Å². The summed E-state index contributed by atoms with van der Waals surface area (Å²) in [6.07, 6.45) is 3.34. The summed E-state index contributed by atoms with van der Waals surface area (Å²) in [5.41, 5.74) is 1.17. The van der Waals surface area contributed by atoms with Crippen LogP contribution in [0.4, 0.5) is 0 Å². The van der Waals surface area contributed by atoms with Crippen molar-refractivity contribution in [3.05, 3.63) is 51.8 Å². The highest BCUT2D eigenvalue weighted by molar-refractivity contribution is 6.39. The molecule has 0 unspecified atom stereocenters. The van der Waals surface area contributed by atoms with Crippen LogP contribution >= 0.6 is 23.2 Å². The number of halogens is 2. The van der Waals surface area contributed by atoms with Gasteiger partial charge in [0.05, 0.1) is 21.8 Å². The van der Waals surface area contributed by atoms with Gasteiger partial charge in [0.2, 0.25) is 0 Å². The van der Waals surface area contributed by atoms with Gasteiger partial charge in [-0.2, -0.15) is 5.10 Å². The van der Waals surface area contributed by atoms with Crippen molar-refractivity contribution < 1.29 is 4.79 Å². The molecule has 0 aliphatic heterocycles. The molecule has 0 aliphatic carbocycles. The minimum atomic E-state index is -0.304. The molecule has 0 spiro atoms. The van der Waals surface area contributed by atoms with Gasteiger partial charge < -0.3 is 5.32 Å². The second-order valence-corrected chi connectivity index (χ2v) is 4.20. The third kappa shape index (κ3) is 2.78. The van der Waals surface area contributed by atoms with Crippen LogP contribution in [0.5, 0.6) is 0 Å². The molecule has 1 aromatic heterocycles. The van der Waals surface area contributed by atoms with Gasteiger partial charge in [-0.15, -0.1) is 0 Å². The maximum Gasteiger partial charge on any atom is 0.254 e. The first-order chi connectivity index (χ1) is 8.18. The van der Waals surface area contributed by atoms with Crippen molar-refractivity contribution in [2.75, 3.05) is 0 Å². The van der Waals surface area contributed by atoms with Gasteiger partial charge in [-0.1, -0.05) is 29.3 Å². The van der Waals surface area contributed by atoms with E-state index in [0.717, 1.165) is 5.56 Å². The first kappa shape index (κ1) is 12.0. The van der Waals surface area contributed by atoms with E-state index in [1.165, 1.54) is 0 Å². The van der Waals surface area contributed by atoms with E-state index >= 15 is 0 Å². The third-order valence-electron chi connectivity index (χ3n) is 2.20. The van der Waals surface area contributed by atoms with Crippen LogP contribution in [0.15, 0.2) is 30.6 Å². The first-order valence-corrected chi connectivity index (χ1v) is 5.64. The molecule has 1 amide bonds. The summed E-state index contributed by atoms with van der Waals surface area (Å²) >= 11 is 11.8. The maximum atomic E-state index is 11.9. The quantitative estimate of drug-likeness (QED) is 0.900.